The zero-order chi connectivity index (χ0) is 34.1. The molecule has 0 aliphatic carbocycles. The average molecular weight is 697 g/mol. The summed E-state index contributed by atoms with van der Waals surface area (Å²) in [4.78, 5) is 30.0. The van der Waals surface area contributed by atoms with Crippen LogP contribution in [0.3, 0.4) is 0 Å². The van der Waals surface area contributed by atoms with Gasteiger partial charge in [0.25, 0.3) is 10.0 Å². The minimum atomic E-state index is -4.33. The predicted octanol–water partition coefficient (Wildman–Crippen LogP) is 7.06. The SMILES string of the molecule is CC[C@@H](C)NC(=O)[C@H](Cc1ccccc1)N(Cc1cccc(Cl)c1)C(=O)CN(c1cc(Cl)ccc1OC)S(=O)(=O)c1ccc(C)cc1. The van der Waals surface area contributed by atoms with Gasteiger partial charge in [-0.1, -0.05) is 90.3 Å². The van der Waals surface area contributed by atoms with Crippen LogP contribution in [0.2, 0.25) is 10.0 Å². The van der Waals surface area contributed by atoms with Crippen molar-refractivity contribution in [2.45, 2.75) is 57.1 Å². The number of methoxy groups -OCH3 is 1. The number of anilines is 1. The molecule has 0 spiro atoms. The molecule has 0 aliphatic heterocycles. The van der Waals surface area contributed by atoms with E-state index in [4.69, 9.17) is 27.9 Å². The van der Waals surface area contributed by atoms with E-state index in [2.05, 4.69) is 5.32 Å². The van der Waals surface area contributed by atoms with Crippen molar-refractivity contribution in [1.29, 1.82) is 0 Å². The number of amides is 2. The minimum absolute atomic E-state index is 0.00405. The topological polar surface area (TPSA) is 96.0 Å². The van der Waals surface area contributed by atoms with Crippen LogP contribution in [-0.2, 0) is 32.6 Å². The summed E-state index contributed by atoms with van der Waals surface area (Å²) >= 11 is 12.7. The molecular formula is C36H39Cl2N3O5S. The summed E-state index contributed by atoms with van der Waals surface area (Å²) in [7, 11) is -2.92. The number of ether oxygens (including phenoxy) is 1. The van der Waals surface area contributed by atoms with Gasteiger partial charge in [0.15, 0.2) is 0 Å². The van der Waals surface area contributed by atoms with Gasteiger partial charge in [-0.2, -0.15) is 0 Å². The highest BCUT2D eigenvalue weighted by Gasteiger charge is 2.36. The Morgan fingerprint density at radius 3 is 2.17 bits per heavy atom. The average Bonchev–Trinajstić information content (AvgIpc) is 3.05. The van der Waals surface area contributed by atoms with Crippen molar-refractivity contribution in [3.8, 4) is 5.75 Å². The Bertz CT molecular complexity index is 1790. The molecule has 0 unspecified atom stereocenters. The molecule has 2 amide bonds. The highest BCUT2D eigenvalue weighted by Crippen LogP contribution is 2.35. The minimum Gasteiger partial charge on any atom is -0.495 e. The monoisotopic (exact) mass is 695 g/mol. The van der Waals surface area contributed by atoms with Crippen LogP contribution in [0.4, 0.5) is 5.69 Å². The van der Waals surface area contributed by atoms with Gasteiger partial charge in [-0.3, -0.25) is 13.9 Å². The Kier molecular flexibility index (Phi) is 12.3. The summed E-state index contributed by atoms with van der Waals surface area (Å²) in [5.41, 5.74) is 2.46. The number of hydrogen-bond donors (Lipinski definition) is 1. The van der Waals surface area contributed by atoms with E-state index in [0.29, 0.717) is 17.0 Å². The van der Waals surface area contributed by atoms with Crippen molar-refractivity contribution >= 4 is 50.7 Å². The quantitative estimate of drug-likeness (QED) is 0.152. The van der Waals surface area contributed by atoms with Gasteiger partial charge in [-0.25, -0.2) is 8.42 Å². The Morgan fingerprint density at radius 2 is 1.53 bits per heavy atom. The fourth-order valence-corrected chi connectivity index (χ4v) is 6.83. The standard InChI is InChI=1S/C36H39Cl2N3O5S/c1-5-26(3)39-36(43)33(21-27-10-7-6-8-11-27)40(23-28-12-9-13-29(37)20-28)35(42)24-41(32-22-30(38)16-19-34(32)46-4)47(44,45)31-17-14-25(2)15-18-31/h6-20,22,26,33H,5,21,23-24H2,1-4H3,(H,39,43)/t26-,33+/m1/s1. The second-order valence-corrected chi connectivity index (χ2v) is 14.1. The molecule has 0 fully saturated rings. The first-order valence-electron chi connectivity index (χ1n) is 15.2. The van der Waals surface area contributed by atoms with Crippen molar-refractivity contribution in [3.63, 3.8) is 0 Å². The fourth-order valence-electron chi connectivity index (χ4n) is 5.04. The maximum Gasteiger partial charge on any atom is 0.264 e. The molecular weight excluding hydrogens is 657 g/mol. The molecule has 0 heterocycles. The van der Waals surface area contributed by atoms with Gasteiger partial charge in [-0.05, 0) is 73.9 Å². The molecule has 0 radical (unpaired) electrons. The highest BCUT2D eigenvalue weighted by molar-refractivity contribution is 7.92. The van der Waals surface area contributed by atoms with Crippen LogP contribution in [0, 0.1) is 6.92 Å². The maximum absolute atomic E-state index is 14.7. The lowest BCUT2D eigenvalue weighted by molar-refractivity contribution is -0.140. The number of nitrogens with zero attached hydrogens (tertiary/aromatic N) is 2. The molecule has 1 N–H and O–H groups in total. The zero-order valence-electron chi connectivity index (χ0n) is 26.8. The van der Waals surface area contributed by atoms with E-state index in [1.54, 1.807) is 48.5 Å². The van der Waals surface area contributed by atoms with E-state index in [9.17, 15) is 18.0 Å². The molecule has 0 bridgehead atoms. The number of halogens is 2. The highest BCUT2D eigenvalue weighted by atomic mass is 35.5. The first-order chi connectivity index (χ1) is 22.4. The lowest BCUT2D eigenvalue weighted by Crippen LogP contribution is -2.54. The normalized spacial score (nSPS) is 12.6. The summed E-state index contributed by atoms with van der Waals surface area (Å²) in [6.45, 7) is 5.05. The number of nitrogens with one attached hydrogen (secondary N) is 1. The van der Waals surface area contributed by atoms with Gasteiger partial charge in [0.2, 0.25) is 11.8 Å². The summed E-state index contributed by atoms with van der Waals surface area (Å²) in [6, 6.07) is 26.1. The third kappa shape index (κ3) is 9.28. The predicted molar refractivity (Wildman–Crippen MR) is 188 cm³/mol. The number of carbonyl (C=O) groups excluding carboxylic acids is 2. The van der Waals surface area contributed by atoms with Crippen molar-refractivity contribution < 1.29 is 22.7 Å². The second-order valence-electron chi connectivity index (χ2n) is 11.3. The van der Waals surface area contributed by atoms with Crippen LogP contribution < -0.4 is 14.4 Å². The maximum atomic E-state index is 14.7. The Hall–Kier alpha value is -4.05. The molecule has 4 rings (SSSR count). The number of carbonyl (C=O) groups is 2. The summed E-state index contributed by atoms with van der Waals surface area (Å²) < 4.78 is 35.2. The first-order valence-corrected chi connectivity index (χ1v) is 17.4. The van der Waals surface area contributed by atoms with Gasteiger partial charge >= 0.3 is 0 Å². The van der Waals surface area contributed by atoms with E-state index < -0.39 is 28.5 Å². The van der Waals surface area contributed by atoms with Crippen LogP contribution in [0.15, 0.2) is 102 Å². The molecule has 248 valence electrons. The Labute approximate surface area is 287 Å². The van der Waals surface area contributed by atoms with Crippen LogP contribution in [0.5, 0.6) is 5.75 Å². The van der Waals surface area contributed by atoms with E-state index in [-0.39, 0.29) is 46.3 Å². The fraction of sp³-hybridized carbons (Fsp3) is 0.278. The molecule has 4 aromatic rings. The molecule has 47 heavy (non-hydrogen) atoms. The van der Waals surface area contributed by atoms with Crippen molar-refractivity contribution in [1.82, 2.24) is 10.2 Å². The smallest absolute Gasteiger partial charge is 0.264 e. The van der Waals surface area contributed by atoms with Gasteiger partial charge < -0.3 is 15.0 Å². The Balaban J connectivity index is 1.86. The number of rotatable bonds is 14. The summed E-state index contributed by atoms with van der Waals surface area (Å²) in [5, 5.41) is 3.74. The molecule has 4 aromatic carbocycles. The summed E-state index contributed by atoms with van der Waals surface area (Å²) in [6.07, 6.45) is 0.879. The van der Waals surface area contributed by atoms with Crippen molar-refractivity contribution in [3.05, 3.63) is 124 Å². The van der Waals surface area contributed by atoms with Gasteiger partial charge in [-0.15, -0.1) is 0 Å². The van der Waals surface area contributed by atoms with E-state index in [1.807, 2.05) is 51.1 Å². The molecule has 11 heteroatoms. The van der Waals surface area contributed by atoms with Crippen molar-refractivity contribution in [2.75, 3.05) is 18.0 Å². The van der Waals surface area contributed by atoms with Crippen LogP contribution in [0.25, 0.3) is 0 Å². The largest absolute Gasteiger partial charge is 0.495 e. The van der Waals surface area contributed by atoms with E-state index >= 15 is 0 Å². The molecule has 0 saturated heterocycles. The van der Waals surface area contributed by atoms with Gasteiger partial charge in [0.1, 0.15) is 18.3 Å². The molecule has 0 aliphatic rings. The third-order valence-electron chi connectivity index (χ3n) is 7.81. The van der Waals surface area contributed by atoms with Crippen LogP contribution in [-0.4, -0.2) is 50.9 Å². The molecule has 8 nitrogen and oxygen atoms in total. The van der Waals surface area contributed by atoms with Crippen LogP contribution >= 0.6 is 23.2 Å². The van der Waals surface area contributed by atoms with E-state index in [1.165, 1.54) is 30.2 Å². The third-order valence-corrected chi connectivity index (χ3v) is 10.1. The number of aryl methyl sites for hydroxylation is 1. The number of benzene rings is 4. The van der Waals surface area contributed by atoms with Crippen molar-refractivity contribution in [2.24, 2.45) is 0 Å². The number of sulfonamides is 1. The first kappa shape index (κ1) is 35.8. The second kappa shape index (κ2) is 16.2. The molecule has 0 aromatic heterocycles. The van der Waals surface area contributed by atoms with Gasteiger partial charge in [0, 0.05) is 29.1 Å². The number of hydrogen-bond acceptors (Lipinski definition) is 5. The summed E-state index contributed by atoms with van der Waals surface area (Å²) in [5.74, 6) is -0.760. The Morgan fingerprint density at radius 1 is 0.872 bits per heavy atom. The molecule has 0 saturated carbocycles. The van der Waals surface area contributed by atoms with Crippen LogP contribution in [0.1, 0.15) is 37.0 Å². The van der Waals surface area contributed by atoms with Gasteiger partial charge in [0.05, 0.1) is 17.7 Å². The lowest BCUT2D eigenvalue weighted by Gasteiger charge is -2.34. The van der Waals surface area contributed by atoms with E-state index in [0.717, 1.165) is 15.4 Å². The zero-order valence-corrected chi connectivity index (χ0v) is 29.1. The lowest BCUT2D eigenvalue weighted by atomic mass is 10.0. The molecule has 2 atom stereocenters.